The number of hydrogen-bond acceptors (Lipinski definition) is 2. The molecule has 0 aliphatic carbocycles. The minimum absolute atomic E-state index is 0. The number of methoxy groups -OCH3 is 1. The largest absolute Gasteiger partial charge is 1.00 e. The number of hydrogen-bond donors (Lipinski definition) is 0. The summed E-state index contributed by atoms with van der Waals surface area (Å²) in [6.45, 7) is 0.708. The van der Waals surface area contributed by atoms with Crippen molar-refractivity contribution in [3.8, 4) is 5.75 Å². The van der Waals surface area contributed by atoms with E-state index in [4.69, 9.17) is 4.74 Å². The van der Waals surface area contributed by atoms with Gasteiger partial charge in [-0.15, -0.1) is 0 Å². The van der Waals surface area contributed by atoms with Crippen molar-refractivity contribution in [3.63, 3.8) is 0 Å². The third-order valence-electron chi connectivity index (χ3n) is 3.68. The highest BCUT2D eigenvalue weighted by molar-refractivity contribution is 6.08. The van der Waals surface area contributed by atoms with Crippen LogP contribution in [-0.4, -0.2) is 12.9 Å². The average molecular weight is 384 g/mol. The lowest BCUT2D eigenvalue weighted by Crippen LogP contribution is -3.00. The molecular formula is C20H18BrNO2. The van der Waals surface area contributed by atoms with Gasteiger partial charge >= 0.3 is 0 Å². The molecule has 0 N–H and O–H groups in total. The minimum Gasteiger partial charge on any atom is -1.00 e. The highest BCUT2D eigenvalue weighted by Gasteiger charge is 2.13. The molecule has 122 valence electrons. The first kappa shape index (κ1) is 17.9. The maximum atomic E-state index is 12.5. The Hall–Kier alpha value is -2.46. The second kappa shape index (κ2) is 8.41. The van der Waals surface area contributed by atoms with Gasteiger partial charge in [0, 0.05) is 17.2 Å². The van der Waals surface area contributed by atoms with Gasteiger partial charge in [-0.1, -0.05) is 30.3 Å². The molecule has 0 saturated heterocycles. The first-order chi connectivity index (χ1) is 11.3. The van der Waals surface area contributed by atoms with E-state index in [0.717, 1.165) is 11.3 Å². The highest BCUT2D eigenvalue weighted by atomic mass is 79.9. The standard InChI is InChI=1S/C20H18NO2.BrH/c1-23-19-11-9-16(10-12-19)14-21-13-5-8-18(15-21)20(22)17-6-3-2-4-7-17;/h2-13,15H,14H2,1H3;1H/q+1;/p-1. The topological polar surface area (TPSA) is 30.2 Å². The predicted molar refractivity (Wildman–Crippen MR) is 88.6 cm³/mol. The molecule has 0 aliphatic heterocycles. The molecule has 0 bridgehead atoms. The number of carbonyl (C=O) groups is 1. The summed E-state index contributed by atoms with van der Waals surface area (Å²) >= 11 is 0. The lowest BCUT2D eigenvalue weighted by Gasteiger charge is -2.03. The van der Waals surface area contributed by atoms with Crippen molar-refractivity contribution in [2.24, 2.45) is 0 Å². The van der Waals surface area contributed by atoms with Gasteiger partial charge in [0.2, 0.25) is 0 Å². The summed E-state index contributed by atoms with van der Waals surface area (Å²) in [4.78, 5) is 12.5. The number of nitrogens with zero attached hydrogens (tertiary/aromatic N) is 1. The van der Waals surface area contributed by atoms with Crippen LogP contribution in [0.1, 0.15) is 21.5 Å². The van der Waals surface area contributed by atoms with E-state index in [-0.39, 0.29) is 22.8 Å². The first-order valence-corrected chi connectivity index (χ1v) is 7.48. The summed E-state index contributed by atoms with van der Waals surface area (Å²) < 4.78 is 7.18. The highest BCUT2D eigenvalue weighted by Crippen LogP contribution is 2.11. The van der Waals surface area contributed by atoms with Crippen LogP contribution in [0.25, 0.3) is 0 Å². The number of ketones is 1. The number of rotatable bonds is 5. The van der Waals surface area contributed by atoms with E-state index in [0.29, 0.717) is 17.7 Å². The molecule has 1 heterocycles. The molecule has 0 unspecified atom stereocenters. The van der Waals surface area contributed by atoms with Crippen LogP contribution < -0.4 is 26.3 Å². The molecule has 1 aromatic heterocycles. The van der Waals surface area contributed by atoms with Gasteiger partial charge in [0.1, 0.15) is 5.75 Å². The Balaban J connectivity index is 0.00000208. The van der Waals surface area contributed by atoms with Crippen LogP contribution in [0.3, 0.4) is 0 Å². The van der Waals surface area contributed by atoms with E-state index in [9.17, 15) is 4.79 Å². The lowest BCUT2D eigenvalue weighted by atomic mass is 10.1. The smallest absolute Gasteiger partial charge is 0.199 e. The van der Waals surface area contributed by atoms with Gasteiger partial charge in [0.05, 0.1) is 12.7 Å². The average Bonchev–Trinajstić information content (AvgIpc) is 2.63. The van der Waals surface area contributed by atoms with E-state index >= 15 is 0 Å². The second-order valence-corrected chi connectivity index (χ2v) is 5.31. The zero-order chi connectivity index (χ0) is 16.1. The monoisotopic (exact) mass is 383 g/mol. The molecule has 0 aliphatic rings. The molecule has 3 rings (SSSR count). The lowest BCUT2D eigenvalue weighted by molar-refractivity contribution is -0.688. The van der Waals surface area contributed by atoms with Crippen molar-refractivity contribution in [2.75, 3.05) is 7.11 Å². The molecule has 3 nitrogen and oxygen atoms in total. The molecule has 4 heteroatoms. The van der Waals surface area contributed by atoms with Crippen molar-refractivity contribution >= 4 is 5.78 Å². The second-order valence-electron chi connectivity index (χ2n) is 5.31. The Labute approximate surface area is 152 Å². The van der Waals surface area contributed by atoms with Gasteiger partial charge in [-0.2, -0.15) is 0 Å². The fourth-order valence-corrected chi connectivity index (χ4v) is 2.45. The SMILES string of the molecule is COc1ccc(C[n+]2cccc(C(=O)c3ccccc3)c2)cc1.[Br-]. The number of aromatic nitrogens is 1. The molecule has 0 atom stereocenters. The summed E-state index contributed by atoms with van der Waals surface area (Å²) in [5.74, 6) is 0.876. The van der Waals surface area contributed by atoms with E-state index in [1.54, 1.807) is 7.11 Å². The maximum absolute atomic E-state index is 12.5. The summed E-state index contributed by atoms with van der Waals surface area (Å²) in [5, 5.41) is 0. The zero-order valence-corrected chi connectivity index (χ0v) is 14.9. The number of halogens is 1. The summed E-state index contributed by atoms with van der Waals surface area (Å²) in [6, 6.07) is 21.0. The Morgan fingerprint density at radius 3 is 2.25 bits per heavy atom. The third-order valence-corrected chi connectivity index (χ3v) is 3.68. The van der Waals surface area contributed by atoms with Crippen LogP contribution in [0, 0.1) is 0 Å². The van der Waals surface area contributed by atoms with E-state index in [2.05, 4.69) is 0 Å². The molecule has 0 amide bonds. The molecule has 0 fully saturated rings. The van der Waals surface area contributed by atoms with Crippen LogP contribution in [0.5, 0.6) is 5.75 Å². The Morgan fingerprint density at radius 1 is 0.917 bits per heavy atom. The zero-order valence-electron chi connectivity index (χ0n) is 13.4. The summed E-state index contributed by atoms with van der Waals surface area (Å²) in [6.07, 6.45) is 3.85. The molecule has 2 aromatic carbocycles. The van der Waals surface area contributed by atoms with Crippen LogP contribution in [0.2, 0.25) is 0 Å². The Bertz CT molecular complexity index is 801. The van der Waals surface area contributed by atoms with Gasteiger partial charge in [-0.05, 0) is 30.3 Å². The van der Waals surface area contributed by atoms with Gasteiger partial charge in [0.25, 0.3) is 0 Å². The molecule has 24 heavy (non-hydrogen) atoms. The maximum Gasteiger partial charge on any atom is 0.199 e. The van der Waals surface area contributed by atoms with Crippen molar-refractivity contribution in [3.05, 3.63) is 95.8 Å². The summed E-state index contributed by atoms with van der Waals surface area (Å²) in [7, 11) is 1.66. The number of ether oxygens (including phenoxy) is 1. The Morgan fingerprint density at radius 2 is 1.58 bits per heavy atom. The minimum atomic E-state index is 0. The van der Waals surface area contributed by atoms with Gasteiger partial charge in [0.15, 0.2) is 24.7 Å². The van der Waals surface area contributed by atoms with E-state index < -0.39 is 0 Å². The summed E-state index contributed by atoms with van der Waals surface area (Å²) in [5.41, 5.74) is 2.54. The van der Waals surface area contributed by atoms with E-state index in [1.165, 1.54) is 0 Å². The van der Waals surface area contributed by atoms with Gasteiger partial charge in [-0.3, -0.25) is 4.79 Å². The molecule has 3 aromatic rings. The predicted octanol–water partition coefficient (Wildman–Crippen LogP) is 0.266. The molecule has 0 saturated carbocycles. The van der Waals surface area contributed by atoms with Crippen LogP contribution >= 0.6 is 0 Å². The first-order valence-electron chi connectivity index (χ1n) is 7.48. The molecule has 0 spiro atoms. The number of benzene rings is 2. The van der Waals surface area contributed by atoms with E-state index in [1.807, 2.05) is 83.7 Å². The van der Waals surface area contributed by atoms with Gasteiger partial charge < -0.3 is 21.7 Å². The molecule has 0 radical (unpaired) electrons. The number of carbonyl (C=O) groups excluding carboxylic acids is 1. The van der Waals surface area contributed by atoms with Crippen molar-refractivity contribution in [1.29, 1.82) is 0 Å². The van der Waals surface area contributed by atoms with Crippen LogP contribution in [-0.2, 0) is 6.54 Å². The third kappa shape index (κ3) is 4.30. The molecular weight excluding hydrogens is 366 g/mol. The van der Waals surface area contributed by atoms with Crippen LogP contribution in [0.15, 0.2) is 79.1 Å². The normalized spacial score (nSPS) is 9.88. The van der Waals surface area contributed by atoms with Crippen molar-refractivity contribution < 1.29 is 31.1 Å². The number of pyridine rings is 1. The van der Waals surface area contributed by atoms with Crippen LogP contribution in [0.4, 0.5) is 0 Å². The fraction of sp³-hybridized carbons (Fsp3) is 0.100. The quantitative estimate of drug-likeness (QED) is 0.467. The Kier molecular flexibility index (Phi) is 6.27. The fourth-order valence-electron chi connectivity index (χ4n) is 2.45. The van der Waals surface area contributed by atoms with Crippen molar-refractivity contribution in [2.45, 2.75) is 6.54 Å². The van der Waals surface area contributed by atoms with Crippen molar-refractivity contribution in [1.82, 2.24) is 0 Å². The van der Waals surface area contributed by atoms with Gasteiger partial charge in [-0.25, -0.2) is 4.57 Å².